The molecule has 4 aromatic rings. The molecule has 150 valence electrons. The van der Waals surface area contributed by atoms with Gasteiger partial charge in [-0.3, -0.25) is 4.57 Å². The maximum absolute atomic E-state index is 10.3. The van der Waals surface area contributed by atoms with Crippen LogP contribution < -0.4 is 5.73 Å². The number of hydrogen-bond acceptors (Lipinski definition) is 6. The van der Waals surface area contributed by atoms with Crippen LogP contribution in [0.2, 0.25) is 0 Å². The molecule has 3 heterocycles. The monoisotopic (exact) mass is 391 g/mol. The fourth-order valence-electron chi connectivity index (χ4n) is 4.01. The molecular formula is C22H25N5O2. The van der Waals surface area contributed by atoms with Crippen molar-refractivity contribution in [2.75, 3.05) is 12.3 Å². The van der Waals surface area contributed by atoms with E-state index in [0.29, 0.717) is 18.1 Å². The van der Waals surface area contributed by atoms with Gasteiger partial charge in [0.25, 0.3) is 0 Å². The molecule has 3 N–H and O–H groups in total. The summed E-state index contributed by atoms with van der Waals surface area (Å²) in [6.45, 7) is 10.5. The molecule has 0 saturated heterocycles. The Kier molecular flexibility index (Phi) is 4.62. The molecule has 1 atom stereocenters. The molecule has 29 heavy (non-hydrogen) atoms. The van der Waals surface area contributed by atoms with Crippen molar-refractivity contribution in [3.05, 3.63) is 46.9 Å². The highest BCUT2D eigenvalue weighted by Crippen LogP contribution is 2.38. The lowest BCUT2D eigenvalue weighted by atomic mass is 10.1. The molecule has 0 aliphatic rings. The number of rotatable bonds is 4. The summed E-state index contributed by atoms with van der Waals surface area (Å²) in [5, 5.41) is 12.0. The van der Waals surface area contributed by atoms with Gasteiger partial charge in [-0.2, -0.15) is 0 Å². The number of anilines is 1. The van der Waals surface area contributed by atoms with E-state index in [1.54, 1.807) is 6.07 Å². The Labute approximate surface area is 169 Å². The molecule has 7 heteroatoms. The number of aryl methyl sites for hydroxylation is 2. The summed E-state index contributed by atoms with van der Waals surface area (Å²) in [4.78, 5) is 13.7. The van der Waals surface area contributed by atoms with Crippen LogP contribution in [-0.4, -0.2) is 31.2 Å². The van der Waals surface area contributed by atoms with Crippen LogP contribution in [0.1, 0.15) is 42.3 Å². The van der Waals surface area contributed by atoms with E-state index in [1.807, 2.05) is 45.3 Å². The molecule has 3 aromatic heterocycles. The number of pyridine rings is 1. The second kappa shape index (κ2) is 7.00. The standard InChI is InChI=1S/C22H25N5O2/c1-6-29-14(5)15-9-16-18-20(23)24-10-25-22(18)27(21(16)26-13(15)4)19-11(2)7-8-17(28)12(19)3/h7-10,14,28H,6H2,1-5H3,(H2,23,24,25). The number of nitrogens with zero attached hydrogens (tertiary/aromatic N) is 4. The molecule has 0 fully saturated rings. The first-order valence-corrected chi connectivity index (χ1v) is 9.68. The third-order valence-electron chi connectivity index (χ3n) is 5.46. The molecule has 1 unspecified atom stereocenters. The predicted molar refractivity (Wildman–Crippen MR) is 114 cm³/mol. The summed E-state index contributed by atoms with van der Waals surface area (Å²) in [5.74, 6) is 0.621. The fraction of sp³-hybridized carbons (Fsp3) is 0.318. The Bertz CT molecular complexity index is 1250. The van der Waals surface area contributed by atoms with Gasteiger partial charge in [0.2, 0.25) is 0 Å². The first kappa shape index (κ1) is 19.1. The normalized spacial score (nSPS) is 12.7. The van der Waals surface area contributed by atoms with E-state index in [-0.39, 0.29) is 11.9 Å². The van der Waals surface area contributed by atoms with Gasteiger partial charge in [0.05, 0.1) is 17.2 Å². The SMILES string of the molecule is CCOC(C)c1cc2c3c(N)ncnc3n(-c3c(C)ccc(O)c3C)c2nc1C. The molecule has 0 radical (unpaired) electrons. The molecule has 0 aliphatic heterocycles. The largest absolute Gasteiger partial charge is 0.508 e. The highest BCUT2D eigenvalue weighted by molar-refractivity contribution is 6.11. The molecule has 0 saturated carbocycles. The number of fused-ring (bicyclic) bond motifs is 3. The number of phenols is 1. The third kappa shape index (κ3) is 2.89. The summed E-state index contributed by atoms with van der Waals surface area (Å²) in [7, 11) is 0. The summed E-state index contributed by atoms with van der Waals surface area (Å²) >= 11 is 0. The first-order chi connectivity index (χ1) is 13.8. The first-order valence-electron chi connectivity index (χ1n) is 9.68. The van der Waals surface area contributed by atoms with E-state index < -0.39 is 0 Å². The lowest BCUT2D eigenvalue weighted by molar-refractivity contribution is 0.0758. The second-order valence-electron chi connectivity index (χ2n) is 7.30. The summed E-state index contributed by atoms with van der Waals surface area (Å²) in [5.41, 5.74) is 12.2. The maximum Gasteiger partial charge on any atom is 0.152 e. The van der Waals surface area contributed by atoms with E-state index in [0.717, 1.165) is 44.5 Å². The number of phenolic OH excluding ortho intramolecular Hbond substituents is 1. The van der Waals surface area contributed by atoms with Crippen LogP contribution in [0.4, 0.5) is 5.82 Å². The van der Waals surface area contributed by atoms with Gasteiger partial charge in [0.1, 0.15) is 23.5 Å². The summed E-state index contributed by atoms with van der Waals surface area (Å²) in [6.07, 6.45) is 1.36. The van der Waals surface area contributed by atoms with E-state index in [4.69, 9.17) is 15.5 Å². The highest BCUT2D eigenvalue weighted by Gasteiger charge is 2.23. The quantitative estimate of drug-likeness (QED) is 0.539. The molecule has 0 aliphatic carbocycles. The van der Waals surface area contributed by atoms with Crippen molar-refractivity contribution in [2.45, 2.75) is 40.7 Å². The topological polar surface area (TPSA) is 99.1 Å². The average molecular weight is 391 g/mol. The summed E-state index contributed by atoms with van der Waals surface area (Å²) < 4.78 is 7.77. The van der Waals surface area contributed by atoms with E-state index in [9.17, 15) is 5.11 Å². The van der Waals surface area contributed by atoms with Crippen molar-refractivity contribution < 1.29 is 9.84 Å². The zero-order chi connectivity index (χ0) is 20.9. The van der Waals surface area contributed by atoms with Crippen molar-refractivity contribution in [1.82, 2.24) is 19.5 Å². The van der Waals surface area contributed by atoms with Crippen LogP contribution in [0.15, 0.2) is 24.5 Å². The van der Waals surface area contributed by atoms with Gasteiger partial charge in [-0.25, -0.2) is 15.0 Å². The van der Waals surface area contributed by atoms with Crippen molar-refractivity contribution in [2.24, 2.45) is 0 Å². The average Bonchev–Trinajstić information content (AvgIpc) is 2.99. The van der Waals surface area contributed by atoms with Crippen LogP contribution in [0.5, 0.6) is 5.75 Å². The van der Waals surface area contributed by atoms with Gasteiger partial charge in [0.15, 0.2) is 5.65 Å². The van der Waals surface area contributed by atoms with Gasteiger partial charge in [-0.1, -0.05) is 6.07 Å². The van der Waals surface area contributed by atoms with Gasteiger partial charge in [0, 0.05) is 28.8 Å². The van der Waals surface area contributed by atoms with E-state index in [1.165, 1.54) is 6.33 Å². The number of nitrogens with two attached hydrogens (primary N) is 1. The zero-order valence-corrected chi connectivity index (χ0v) is 17.3. The van der Waals surface area contributed by atoms with Crippen LogP contribution in [0, 0.1) is 20.8 Å². The Morgan fingerprint density at radius 3 is 2.66 bits per heavy atom. The molecule has 0 spiro atoms. The Balaban J connectivity index is 2.17. The van der Waals surface area contributed by atoms with Crippen molar-refractivity contribution in [3.63, 3.8) is 0 Å². The van der Waals surface area contributed by atoms with Gasteiger partial charge >= 0.3 is 0 Å². The second-order valence-corrected chi connectivity index (χ2v) is 7.30. The van der Waals surface area contributed by atoms with Crippen molar-refractivity contribution >= 4 is 27.9 Å². The van der Waals surface area contributed by atoms with Crippen LogP contribution >= 0.6 is 0 Å². The van der Waals surface area contributed by atoms with Crippen LogP contribution in [-0.2, 0) is 4.74 Å². The predicted octanol–water partition coefficient (Wildman–Crippen LogP) is 4.28. The minimum Gasteiger partial charge on any atom is -0.508 e. The van der Waals surface area contributed by atoms with Crippen LogP contribution in [0.25, 0.3) is 27.8 Å². The number of nitrogen functional groups attached to an aromatic ring is 1. The van der Waals surface area contributed by atoms with E-state index >= 15 is 0 Å². The molecule has 0 amide bonds. The zero-order valence-electron chi connectivity index (χ0n) is 17.3. The van der Waals surface area contributed by atoms with Gasteiger partial charge < -0.3 is 15.6 Å². The maximum atomic E-state index is 10.3. The third-order valence-corrected chi connectivity index (χ3v) is 5.46. The minimum atomic E-state index is -0.0922. The smallest absolute Gasteiger partial charge is 0.152 e. The Morgan fingerprint density at radius 1 is 1.17 bits per heavy atom. The number of hydrogen-bond donors (Lipinski definition) is 2. The van der Waals surface area contributed by atoms with Crippen molar-refractivity contribution in [3.8, 4) is 11.4 Å². The lowest BCUT2D eigenvalue weighted by Gasteiger charge is -2.16. The van der Waals surface area contributed by atoms with Crippen molar-refractivity contribution in [1.29, 1.82) is 0 Å². The minimum absolute atomic E-state index is 0.0922. The number of aromatic nitrogens is 4. The van der Waals surface area contributed by atoms with Gasteiger partial charge in [-0.05, 0) is 52.3 Å². The van der Waals surface area contributed by atoms with E-state index in [2.05, 4.69) is 16.0 Å². The highest BCUT2D eigenvalue weighted by atomic mass is 16.5. The van der Waals surface area contributed by atoms with Crippen LogP contribution in [0.3, 0.4) is 0 Å². The molecule has 0 bridgehead atoms. The fourth-order valence-corrected chi connectivity index (χ4v) is 4.01. The van der Waals surface area contributed by atoms with Gasteiger partial charge in [-0.15, -0.1) is 0 Å². The molecule has 1 aromatic carbocycles. The molecular weight excluding hydrogens is 366 g/mol. The number of ether oxygens (including phenoxy) is 1. The number of aromatic hydroxyl groups is 1. The lowest BCUT2D eigenvalue weighted by Crippen LogP contribution is -2.06. The molecule has 4 rings (SSSR count). The molecule has 7 nitrogen and oxygen atoms in total. The Hall–Kier alpha value is -3.19. The number of benzene rings is 1. The Morgan fingerprint density at radius 2 is 1.93 bits per heavy atom. The summed E-state index contributed by atoms with van der Waals surface area (Å²) in [6, 6.07) is 5.66.